The summed E-state index contributed by atoms with van der Waals surface area (Å²) in [5.41, 5.74) is 2.72. The van der Waals surface area contributed by atoms with E-state index in [1.54, 1.807) is 4.90 Å². The number of amides is 3. The van der Waals surface area contributed by atoms with Crippen LogP contribution >= 0.6 is 0 Å². The van der Waals surface area contributed by atoms with E-state index >= 15 is 0 Å². The summed E-state index contributed by atoms with van der Waals surface area (Å²) in [7, 11) is 0. The summed E-state index contributed by atoms with van der Waals surface area (Å²) < 4.78 is 11.0. The van der Waals surface area contributed by atoms with Gasteiger partial charge in [0.2, 0.25) is 5.91 Å². The van der Waals surface area contributed by atoms with Crippen LogP contribution in [-0.4, -0.2) is 70.1 Å². The van der Waals surface area contributed by atoms with Crippen molar-refractivity contribution in [3.63, 3.8) is 0 Å². The van der Waals surface area contributed by atoms with Gasteiger partial charge in [-0.2, -0.15) is 0 Å². The van der Waals surface area contributed by atoms with Crippen LogP contribution in [0.1, 0.15) is 83.9 Å². The first-order valence-corrected chi connectivity index (χ1v) is 15.7. The van der Waals surface area contributed by atoms with Gasteiger partial charge in [0, 0.05) is 25.2 Å². The molecule has 2 aliphatic heterocycles. The number of anilines is 1. The predicted molar refractivity (Wildman–Crippen MR) is 170 cm³/mol. The highest BCUT2D eigenvalue weighted by molar-refractivity contribution is 5.97. The number of hydrogen-bond acceptors (Lipinski definition) is 6. The molecule has 9 nitrogen and oxygen atoms in total. The van der Waals surface area contributed by atoms with Crippen molar-refractivity contribution in [3.05, 3.63) is 65.2 Å². The second-order valence-electron chi connectivity index (χ2n) is 13.8. The fourth-order valence-corrected chi connectivity index (χ4v) is 5.63. The molecular formula is C35H47N3O6. The predicted octanol–water partition coefficient (Wildman–Crippen LogP) is 6.32. The van der Waals surface area contributed by atoms with E-state index in [0.717, 1.165) is 36.8 Å². The fourth-order valence-electron chi connectivity index (χ4n) is 5.63. The highest BCUT2D eigenvalue weighted by Gasteiger charge is 2.37. The lowest BCUT2D eigenvalue weighted by atomic mass is 9.99. The number of ether oxygens (including phenoxy) is 2. The molecule has 0 saturated carbocycles. The Hall–Kier alpha value is -3.88. The van der Waals surface area contributed by atoms with E-state index in [4.69, 9.17) is 9.47 Å². The third kappa shape index (κ3) is 9.31. The molecule has 2 saturated heterocycles. The zero-order valence-electron chi connectivity index (χ0n) is 27.0. The summed E-state index contributed by atoms with van der Waals surface area (Å²) in [5, 5.41) is 2.95. The standard InChI is InChI=1S/C35H47N3O6/c1-34(2,3)43-32(41)37-21-7-9-28(37)30(39)23-26-15-13-24(14-16-26)11-12-25-17-19-27(20-18-25)36-31(40)29-10-8-22-38(29)33(42)44-35(4,5)6/h13-20,28-29H,7-12,21-23H2,1-6H3,(H,36,40)/t28-,29-/m0/s1. The Balaban J connectivity index is 1.24. The number of benzene rings is 2. The Kier molecular flexibility index (Phi) is 10.4. The van der Waals surface area contributed by atoms with Gasteiger partial charge < -0.3 is 14.8 Å². The first-order chi connectivity index (χ1) is 20.7. The summed E-state index contributed by atoms with van der Waals surface area (Å²) in [6, 6.07) is 14.9. The van der Waals surface area contributed by atoms with E-state index in [9.17, 15) is 19.2 Å². The number of carbonyl (C=O) groups excluding carboxylic acids is 4. The molecule has 2 aromatic rings. The molecule has 2 atom stereocenters. The average molecular weight is 606 g/mol. The maximum Gasteiger partial charge on any atom is 0.410 e. The van der Waals surface area contributed by atoms with Gasteiger partial charge in [-0.05, 0) is 109 Å². The third-order valence-corrected chi connectivity index (χ3v) is 7.76. The van der Waals surface area contributed by atoms with Crippen LogP contribution in [0.4, 0.5) is 15.3 Å². The zero-order chi connectivity index (χ0) is 32.1. The van der Waals surface area contributed by atoms with Crippen LogP contribution in [0.3, 0.4) is 0 Å². The normalized spacial score (nSPS) is 18.7. The molecule has 2 heterocycles. The van der Waals surface area contributed by atoms with Gasteiger partial charge >= 0.3 is 12.2 Å². The minimum Gasteiger partial charge on any atom is -0.444 e. The van der Waals surface area contributed by atoms with Gasteiger partial charge in [-0.25, -0.2) is 9.59 Å². The minimum absolute atomic E-state index is 0.0405. The van der Waals surface area contributed by atoms with Gasteiger partial charge in [0.25, 0.3) is 0 Å². The van der Waals surface area contributed by atoms with Crippen LogP contribution in [0, 0.1) is 0 Å². The molecule has 0 spiro atoms. The lowest BCUT2D eigenvalue weighted by Crippen LogP contribution is -2.45. The molecule has 238 valence electrons. The van der Waals surface area contributed by atoms with Crippen LogP contribution in [0.15, 0.2) is 48.5 Å². The molecule has 0 unspecified atom stereocenters. The molecule has 44 heavy (non-hydrogen) atoms. The van der Waals surface area contributed by atoms with Gasteiger partial charge in [-0.3, -0.25) is 19.4 Å². The van der Waals surface area contributed by atoms with Crippen LogP contribution in [0.5, 0.6) is 0 Å². The molecule has 9 heteroatoms. The lowest BCUT2D eigenvalue weighted by molar-refractivity contribution is -0.122. The van der Waals surface area contributed by atoms with Crippen LogP contribution in [0.25, 0.3) is 0 Å². The van der Waals surface area contributed by atoms with Crippen molar-refractivity contribution >= 4 is 29.6 Å². The number of aryl methyl sites for hydroxylation is 2. The Bertz CT molecular complexity index is 1220. The molecule has 3 amide bonds. The average Bonchev–Trinajstić information content (AvgIpc) is 3.62. The largest absolute Gasteiger partial charge is 0.444 e. The highest BCUT2D eigenvalue weighted by atomic mass is 16.6. The number of nitrogens with zero attached hydrogens (tertiary/aromatic N) is 2. The van der Waals surface area contributed by atoms with Crippen molar-refractivity contribution in [2.75, 3.05) is 18.4 Å². The zero-order valence-corrected chi connectivity index (χ0v) is 27.0. The van der Waals surface area contributed by atoms with Gasteiger partial charge in [0.15, 0.2) is 5.78 Å². The van der Waals surface area contributed by atoms with E-state index in [1.807, 2.05) is 77.9 Å². The van der Waals surface area contributed by atoms with Gasteiger partial charge in [0.1, 0.15) is 17.2 Å². The molecule has 0 radical (unpaired) electrons. The Morgan fingerprint density at radius 1 is 0.682 bits per heavy atom. The smallest absolute Gasteiger partial charge is 0.410 e. The molecule has 0 aromatic heterocycles. The third-order valence-electron chi connectivity index (χ3n) is 7.76. The Morgan fingerprint density at radius 3 is 1.61 bits per heavy atom. The monoisotopic (exact) mass is 605 g/mol. The summed E-state index contributed by atoms with van der Waals surface area (Å²) in [6.45, 7) is 12.0. The van der Waals surface area contributed by atoms with Crippen LogP contribution in [0.2, 0.25) is 0 Å². The van der Waals surface area contributed by atoms with E-state index in [1.165, 1.54) is 10.5 Å². The van der Waals surface area contributed by atoms with Gasteiger partial charge in [0.05, 0.1) is 6.04 Å². The number of likely N-dealkylation sites (tertiary alicyclic amines) is 2. The summed E-state index contributed by atoms with van der Waals surface area (Å²) in [5.74, 6) is -0.163. The Morgan fingerprint density at radius 2 is 1.11 bits per heavy atom. The first kappa shape index (κ1) is 33.0. The number of ketones is 1. The number of hydrogen-bond donors (Lipinski definition) is 1. The fraction of sp³-hybridized carbons (Fsp3) is 0.543. The molecule has 2 aliphatic rings. The maximum atomic E-state index is 13.1. The molecule has 2 fully saturated rings. The molecule has 4 rings (SSSR count). The van der Waals surface area contributed by atoms with Crippen molar-refractivity contribution in [3.8, 4) is 0 Å². The van der Waals surface area contributed by atoms with Crippen LogP contribution < -0.4 is 5.32 Å². The second-order valence-corrected chi connectivity index (χ2v) is 13.8. The van der Waals surface area contributed by atoms with Crippen molar-refractivity contribution in [1.29, 1.82) is 0 Å². The van der Waals surface area contributed by atoms with E-state index in [2.05, 4.69) is 17.4 Å². The molecule has 2 aromatic carbocycles. The van der Waals surface area contributed by atoms with Crippen molar-refractivity contribution in [2.24, 2.45) is 0 Å². The first-order valence-electron chi connectivity index (χ1n) is 15.7. The van der Waals surface area contributed by atoms with Crippen molar-refractivity contribution in [1.82, 2.24) is 9.80 Å². The van der Waals surface area contributed by atoms with E-state index in [0.29, 0.717) is 31.6 Å². The number of carbonyl (C=O) groups is 4. The van der Waals surface area contributed by atoms with Gasteiger partial charge in [-0.1, -0.05) is 36.4 Å². The minimum atomic E-state index is -0.611. The molecule has 1 N–H and O–H groups in total. The molecule has 0 aliphatic carbocycles. The summed E-state index contributed by atoms with van der Waals surface area (Å²) in [6.07, 6.45) is 3.92. The van der Waals surface area contributed by atoms with E-state index < -0.39 is 35.5 Å². The number of rotatable bonds is 8. The maximum absolute atomic E-state index is 13.1. The van der Waals surface area contributed by atoms with Crippen molar-refractivity contribution in [2.45, 2.75) is 110 Å². The van der Waals surface area contributed by atoms with Gasteiger partial charge in [-0.15, -0.1) is 0 Å². The highest BCUT2D eigenvalue weighted by Crippen LogP contribution is 2.24. The quantitative estimate of drug-likeness (QED) is 0.378. The topological polar surface area (TPSA) is 105 Å². The SMILES string of the molecule is CC(C)(C)OC(=O)N1CCC[C@H]1C(=O)Cc1ccc(CCc2ccc(NC(=O)[C@@H]3CCCN3C(=O)OC(C)(C)C)cc2)cc1. The Labute approximate surface area is 261 Å². The molecular weight excluding hydrogens is 558 g/mol. The van der Waals surface area contributed by atoms with Crippen molar-refractivity contribution < 1.29 is 28.7 Å². The lowest BCUT2D eigenvalue weighted by Gasteiger charge is -2.28. The second kappa shape index (κ2) is 13.8. The molecule has 0 bridgehead atoms. The number of Topliss-reactive ketones (excluding diaryl/α,β-unsaturated/α-hetero) is 1. The number of nitrogens with one attached hydrogen (secondary N) is 1. The van der Waals surface area contributed by atoms with E-state index in [-0.39, 0.29) is 18.1 Å². The van der Waals surface area contributed by atoms with Crippen LogP contribution in [-0.2, 0) is 38.3 Å². The summed E-state index contributed by atoms with van der Waals surface area (Å²) in [4.78, 5) is 54.2. The summed E-state index contributed by atoms with van der Waals surface area (Å²) >= 11 is 0.